The number of benzene rings is 1. The SMILES string of the molecule is COc1cc(C(C)CO)c(OC)cc1F. The normalized spacial score (nSPS) is 12.3. The van der Waals surface area contributed by atoms with Gasteiger partial charge in [-0.15, -0.1) is 0 Å². The summed E-state index contributed by atoms with van der Waals surface area (Å²) in [5, 5.41) is 9.05. The first-order valence-corrected chi connectivity index (χ1v) is 4.66. The lowest BCUT2D eigenvalue weighted by Crippen LogP contribution is -2.03. The summed E-state index contributed by atoms with van der Waals surface area (Å²) in [6, 6.07) is 2.81. The zero-order chi connectivity index (χ0) is 11.4. The van der Waals surface area contributed by atoms with Crippen LogP contribution >= 0.6 is 0 Å². The lowest BCUT2D eigenvalue weighted by molar-refractivity contribution is 0.269. The molecule has 1 unspecified atom stereocenters. The minimum Gasteiger partial charge on any atom is -0.496 e. The summed E-state index contributed by atoms with van der Waals surface area (Å²) >= 11 is 0. The van der Waals surface area contributed by atoms with Crippen LogP contribution in [0.4, 0.5) is 4.39 Å². The van der Waals surface area contributed by atoms with Crippen molar-refractivity contribution in [3.8, 4) is 11.5 Å². The van der Waals surface area contributed by atoms with Crippen LogP contribution in [0.5, 0.6) is 11.5 Å². The molecule has 15 heavy (non-hydrogen) atoms. The summed E-state index contributed by atoms with van der Waals surface area (Å²) in [6.07, 6.45) is 0. The minimum absolute atomic E-state index is 0.0227. The molecule has 0 aliphatic rings. The molecule has 0 aliphatic heterocycles. The number of halogens is 1. The highest BCUT2D eigenvalue weighted by molar-refractivity contribution is 5.43. The molecule has 0 bridgehead atoms. The van der Waals surface area contributed by atoms with Gasteiger partial charge in [0.05, 0.1) is 14.2 Å². The van der Waals surface area contributed by atoms with E-state index in [1.165, 1.54) is 20.3 Å². The van der Waals surface area contributed by atoms with Gasteiger partial charge in [-0.1, -0.05) is 6.92 Å². The third kappa shape index (κ3) is 2.39. The molecule has 4 heteroatoms. The van der Waals surface area contributed by atoms with Gasteiger partial charge in [-0.25, -0.2) is 4.39 Å². The highest BCUT2D eigenvalue weighted by atomic mass is 19.1. The molecule has 84 valence electrons. The minimum atomic E-state index is -0.469. The second-order valence-corrected chi connectivity index (χ2v) is 3.31. The third-order valence-corrected chi connectivity index (χ3v) is 2.31. The van der Waals surface area contributed by atoms with Crippen LogP contribution in [0.2, 0.25) is 0 Å². The van der Waals surface area contributed by atoms with E-state index in [0.29, 0.717) is 5.75 Å². The highest BCUT2D eigenvalue weighted by Crippen LogP contribution is 2.32. The molecule has 0 amide bonds. The van der Waals surface area contributed by atoms with Crippen molar-refractivity contribution in [1.82, 2.24) is 0 Å². The van der Waals surface area contributed by atoms with Crippen molar-refractivity contribution in [1.29, 1.82) is 0 Å². The number of rotatable bonds is 4. The number of methoxy groups -OCH3 is 2. The molecular formula is C11H15FO3. The molecule has 0 fully saturated rings. The van der Waals surface area contributed by atoms with E-state index < -0.39 is 5.82 Å². The first-order valence-electron chi connectivity index (χ1n) is 4.66. The number of hydrogen-bond acceptors (Lipinski definition) is 3. The Bertz CT molecular complexity index is 339. The van der Waals surface area contributed by atoms with E-state index in [2.05, 4.69) is 0 Å². The van der Waals surface area contributed by atoms with Crippen LogP contribution in [-0.4, -0.2) is 25.9 Å². The zero-order valence-corrected chi connectivity index (χ0v) is 9.08. The van der Waals surface area contributed by atoms with Crippen molar-refractivity contribution in [2.45, 2.75) is 12.8 Å². The molecule has 0 saturated carbocycles. The predicted molar refractivity (Wildman–Crippen MR) is 55.0 cm³/mol. The standard InChI is InChI=1S/C11H15FO3/c1-7(6-13)8-4-11(15-3)9(12)5-10(8)14-2/h4-5,7,13H,6H2,1-3H3. The highest BCUT2D eigenvalue weighted by Gasteiger charge is 2.15. The third-order valence-electron chi connectivity index (χ3n) is 2.31. The Labute approximate surface area is 88.4 Å². The molecule has 1 N–H and O–H groups in total. The Kier molecular flexibility index (Phi) is 3.91. The number of aliphatic hydroxyl groups excluding tert-OH is 1. The van der Waals surface area contributed by atoms with Crippen molar-refractivity contribution in [2.24, 2.45) is 0 Å². The second kappa shape index (κ2) is 4.98. The van der Waals surface area contributed by atoms with Gasteiger partial charge in [0.1, 0.15) is 5.75 Å². The van der Waals surface area contributed by atoms with Gasteiger partial charge in [-0.2, -0.15) is 0 Å². The molecular weight excluding hydrogens is 199 g/mol. The average Bonchev–Trinajstić information content (AvgIpc) is 2.27. The fourth-order valence-electron chi connectivity index (χ4n) is 1.37. The first-order chi connectivity index (χ1) is 7.13. The molecule has 1 aromatic carbocycles. The van der Waals surface area contributed by atoms with Gasteiger partial charge in [-0.05, 0) is 6.07 Å². The maximum atomic E-state index is 13.3. The molecule has 1 aromatic rings. The summed E-state index contributed by atoms with van der Waals surface area (Å²) in [5.74, 6) is -0.00126. The Balaban J connectivity index is 3.22. The molecule has 1 atom stereocenters. The van der Waals surface area contributed by atoms with Crippen molar-refractivity contribution < 1.29 is 19.0 Å². The van der Waals surface area contributed by atoms with E-state index in [9.17, 15) is 4.39 Å². The van der Waals surface area contributed by atoms with Crippen molar-refractivity contribution in [2.75, 3.05) is 20.8 Å². The topological polar surface area (TPSA) is 38.7 Å². The summed E-state index contributed by atoms with van der Waals surface area (Å²) in [4.78, 5) is 0. The van der Waals surface area contributed by atoms with Crippen LogP contribution in [0.25, 0.3) is 0 Å². The number of aliphatic hydroxyl groups is 1. The van der Waals surface area contributed by atoms with Crippen LogP contribution in [0, 0.1) is 5.82 Å². The molecule has 0 spiro atoms. The van der Waals surface area contributed by atoms with Gasteiger partial charge < -0.3 is 14.6 Å². The average molecular weight is 214 g/mol. The van der Waals surface area contributed by atoms with E-state index in [-0.39, 0.29) is 18.3 Å². The maximum absolute atomic E-state index is 13.3. The van der Waals surface area contributed by atoms with E-state index >= 15 is 0 Å². The summed E-state index contributed by atoms with van der Waals surface area (Å²) in [7, 11) is 2.87. The summed E-state index contributed by atoms with van der Waals surface area (Å²) < 4.78 is 23.2. The largest absolute Gasteiger partial charge is 0.496 e. The van der Waals surface area contributed by atoms with E-state index in [1.807, 2.05) is 6.92 Å². The number of hydrogen-bond donors (Lipinski definition) is 1. The van der Waals surface area contributed by atoms with Crippen LogP contribution in [-0.2, 0) is 0 Å². The molecule has 1 rings (SSSR count). The van der Waals surface area contributed by atoms with Crippen molar-refractivity contribution >= 4 is 0 Å². The molecule has 0 aromatic heterocycles. The summed E-state index contributed by atoms with van der Waals surface area (Å²) in [6.45, 7) is 1.81. The molecule has 0 saturated heterocycles. The summed E-state index contributed by atoms with van der Waals surface area (Å²) in [5.41, 5.74) is 0.734. The molecule has 3 nitrogen and oxygen atoms in total. The van der Waals surface area contributed by atoms with Gasteiger partial charge >= 0.3 is 0 Å². The Morgan fingerprint density at radius 1 is 1.27 bits per heavy atom. The van der Waals surface area contributed by atoms with Crippen molar-refractivity contribution in [3.63, 3.8) is 0 Å². The van der Waals surface area contributed by atoms with E-state index in [0.717, 1.165) is 5.56 Å². The van der Waals surface area contributed by atoms with Crippen LogP contribution < -0.4 is 9.47 Å². The fraction of sp³-hybridized carbons (Fsp3) is 0.455. The Hall–Kier alpha value is -1.29. The maximum Gasteiger partial charge on any atom is 0.168 e. The molecule has 0 heterocycles. The van der Waals surface area contributed by atoms with Gasteiger partial charge in [0.2, 0.25) is 0 Å². The van der Waals surface area contributed by atoms with Gasteiger partial charge in [0.15, 0.2) is 11.6 Å². The van der Waals surface area contributed by atoms with Gasteiger partial charge in [-0.3, -0.25) is 0 Å². The lowest BCUT2D eigenvalue weighted by Gasteiger charge is -2.15. The lowest BCUT2D eigenvalue weighted by atomic mass is 10.0. The van der Waals surface area contributed by atoms with E-state index in [1.54, 1.807) is 6.07 Å². The van der Waals surface area contributed by atoms with Crippen LogP contribution in [0.15, 0.2) is 12.1 Å². The Morgan fingerprint density at radius 3 is 2.33 bits per heavy atom. The van der Waals surface area contributed by atoms with Gasteiger partial charge in [0, 0.05) is 24.2 Å². The predicted octanol–water partition coefficient (Wildman–Crippen LogP) is 1.94. The van der Waals surface area contributed by atoms with Crippen LogP contribution in [0.3, 0.4) is 0 Å². The second-order valence-electron chi connectivity index (χ2n) is 3.31. The molecule has 0 radical (unpaired) electrons. The fourth-order valence-corrected chi connectivity index (χ4v) is 1.37. The smallest absolute Gasteiger partial charge is 0.168 e. The van der Waals surface area contributed by atoms with Gasteiger partial charge in [0.25, 0.3) is 0 Å². The zero-order valence-electron chi connectivity index (χ0n) is 9.08. The molecule has 0 aliphatic carbocycles. The van der Waals surface area contributed by atoms with Crippen molar-refractivity contribution in [3.05, 3.63) is 23.5 Å². The Morgan fingerprint density at radius 2 is 1.87 bits per heavy atom. The number of ether oxygens (including phenoxy) is 2. The monoisotopic (exact) mass is 214 g/mol. The van der Waals surface area contributed by atoms with E-state index in [4.69, 9.17) is 14.6 Å². The van der Waals surface area contributed by atoms with Crippen LogP contribution in [0.1, 0.15) is 18.4 Å². The quantitative estimate of drug-likeness (QED) is 0.832. The first kappa shape index (κ1) is 11.8.